The number of hydrogen-bond donors (Lipinski definition) is 2. The lowest BCUT2D eigenvalue weighted by molar-refractivity contribution is -0.137. The third-order valence-electron chi connectivity index (χ3n) is 5.16. The quantitative estimate of drug-likeness (QED) is 0.693. The Labute approximate surface area is 163 Å². The maximum atomic E-state index is 11.3. The summed E-state index contributed by atoms with van der Waals surface area (Å²) in [7, 11) is 0. The first-order chi connectivity index (χ1) is 13.0. The highest BCUT2D eigenvalue weighted by Gasteiger charge is 2.45. The largest absolute Gasteiger partial charge is 0.480 e. The van der Waals surface area contributed by atoms with Crippen molar-refractivity contribution in [3.8, 4) is 11.1 Å². The fourth-order valence-corrected chi connectivity index (χ4v) is 5.36. The SMILES string of the molecule is Cc1ccc(C2(SCC(N)C(=O)O)c3ccccc3-c3ccccc32)cc1. The summed E-state index contributed by atoms with van der Waals surface area (Å²) < 4.78 is -0.464. The standard InChI is InChI=1S/C23H21NO2S/c1-15-10-12-16(13-11-15)23(27-14-21(24)22(25)26)19-8-4-2-6-17(19)18-7-3-5-9-20(18)23/h2-13,21H,14,24H2,1H3,(H,25,26). The lowest BCUT2D eigenvalue weighted by Gasteiger charge is -2.33. The molecule has 3 aromatic rings. The van der Waals surface area contributed by atoms with Crippen molar-refractivity contribution >= 4 is 17.7 Å². The lowest BCUT2D eigenvalue weighted by atomic mass is 9.88. The van der Waals surface area contributed by atoms with Crippen LogP contribution in [-0.4, -0.2) is 22.9 Å². The number of carboxylic acids is 1. The molecular formula is C23H21NO2S. The van der Waals surface area contributed by atoms with E-state index in [1.165, 1.54) is 27.8 Å². The van der Waals surface area contributed by atoms with Crippen LogP contribution in [0.4, 0.5) is 0 Å². The van der Waals surface area contributed by atoms with Gasteiger partial charge in [0.25, 0.3) is 0 Å². The third kappa shape index (κ3) is 2.85. The van der Waals surface area contributed by atoms with Crippen LogP contribution in [0.2, 0.25) is 0 Å². The Balaban J connectivity index is 1.95. The average Bonchev–Trinajstić information content (AvgIpc) is 2.98. The van der Waals surface area contributed by atoms with Gasteiger partial charge in [-0.25, -0.2) is 0 Å². The van der Waals surface area contributed by atoms with E-state index in [0.717, 1.165) is 5.56 Å². The molecule has 136 valence electrons. The molecule has 1 aliphatic rings. The molecule has 0 saturated carbocycles. The summed E-state index contributed by atoms with van der Waals surface area (Å²) in [5.74, 6) is -0.646. The van der Waals surface area contributed by atoms with E-state index in [-0.39, 0.29) is 0 Å². The second-order valence-electron chi connectivity index (χ2n) is 6.89. The van der Waals surface area contributed by atoms with Gasteiger partial charge in [0.15, 0.2) is 0 Å². The Morgan fingerprint density at radius 1 is 0.963 bits per heavy atom. The summed E-state index contributed by atoms with van der Waals surface area (Å²) in [6.45, 7) is 2.07. The molecule has 1 aliphatic carbocycles. The molecule has 27 heavy (non-hydrogen) atoms. The van der Waals surface area contributed by atoms with E-state index in [1.54, 1.807) is 11.8 Å². The average molecular weight is 375 g/mol. The fourth-order valence-electron chi connectivity index (χ4n) is 3.82. The first kappa shape index (κ1) is 17.8. The second-order valence-corrected chi connectivity index (χ2v) is 8.13. The molecule has 3 N–H and O–H groups in total. The molecule has 0 saturated heterocycles. The predicted octanol–water partition coefficient (Wildman–Crippen LogP) is 4.41. The van der Waals surface area contributed by atoms with Crippen molar-refractivity contribution in [2.24, 2.45) is 5.73 Å². The molecular weight excluding hydrogens is 354 g/mol. The first-order valence-electron chi connectivity index (χ1n) is 8.93. The van der Waals surface area contributed by atoms with Crippen molar-refractivity contribution in [3.63, 3.8) is 0 Å². The molecule has 0 aliphatic heterocycles. The highest BCUT2D eigenvalue weighted by atomic mass is 32.2. The topological polar surface area (TPSA) is 63.3 Å². The van der Waals surface area contributed by atoms with Crippen LogP contribution in [0.3, 0.4) is 0 Å². The van der Waals surface area contributed by atoms with Crippen LogP contribution in [0, 0.1) is 6.92 Å². The molecule has 1 atom stereocenters. The number of carbonyl (C=O) groups is 1. The van der Waals surface area contributed by atoms with Crippen LogP contribution < -0.4 is 5.73 Å². The van der Waals surface area contributed by atoms with Gasteiger partial charge in [-0.3, -0.25) is 4.79 Å². The minimum absolute atomic E-state index is 0.325. The number of carboxylic acid groups (broad SMARTS) is 1. The van der Waals surface area contributed by atoms with Gasteiger partial charge in [0, 0.05) is 5.75 Å². The first-order valence-corrected chi connectivity index (χ1v) is 9.91. The van der Waals surface area contributed by atoms with Crippen molar-refractivity contribution in [2.45, 2.75) is 17.7 Å². The second kappa shape index (κ2) is 6.87. The number of aryl methyl sites for hydroxylation is 1. The summed E-state index contributed by atoms with van der Waals surface area (Å²) in [6, 6.07) is 24.4. The number of hydrogen-bond acceptors (Lipinski definition) is 3. The fraction of sp³-hybridized carbons (Fsp3) is 0.174. The van der Waals surface area contributed by atoms with E-state index in [2.05, 4.69) is 67.6 Å². The lowest BCUT2D eigenvalue weighted by Crippen LogP contribution is -2.35. The normalized spacial score (nSPS) is 15.0. The highest BCUT2D eigenvalue weighted by Crippen LogP contribution is 2.58. The van der Waals surface area contributed by atoms with Crippen molar-refractivity contribution < 1.29 is 9.90 Å². The molecule has 0 bridgehead atoms. The molecule has 4 heteroatoms. The van der Waals surface area contributed by atoms with Crippen LogP contribution in [0.1, 0.15) is 22.3 Å². The van der Waals surface area contributed by atoms with Crippen molar-refractivity contribution in [1.29, 1.82) is 0 Å². The highest BCUT2D eigenvalue weighted by molar-refractivity contribution is 8.00. The third-order valence-corrected chi connectivity index (χ3v) is 6.79. The number of rotatable bonds is 5. The van der Waals surface area contributed by atoms with E-state index in [4.69, 9.17) is 5.73 Å². The predicted molar refractivity (Wildman–Crippen MR) is 111 cm³/mol. The number of nitrogens with two attached hydrogens (primary N) is 1. The summed E-state index contributed by atoms with van der Waals surface area (Å²) >= 11 is 1.61. The zero-order valence-electron chi connectivity index (χ0n) is 15.1. The van der Waals surface area contributed by atoms with Gasteiger partial charge in [-0.1, -0.05) is 78.4 Å². The molecule has 3 nitrogen and oxygen atoms in total. The Hall–Kier alpha value is -2.56. The van der Waals surface area contributed by atoms with Crippen LogP contribution in [0.5, 0.6) is 0 Å². The minimum Gasteiger partial charge on any atom is -0.480 e. The van der Waals surface area contributed by atoms with Crippen LogP contribution in [-0.2, 0) is 9.54 Å². The Morgan fingerprint density at radius 2 is 1.48 bits per heavy atom. The van der Waals surface area contributed by atoms with Crippen molar-refractivity contribution in [3.05, 3.63) is 95.1 Å². The molecule has 4 rings (SSSR count). The minimum atomic E-state index is -0.971. The van der Waals surface area contributed by atoms with Gasteiger partial charge < -0.3 is 10.8 Å². The molecule has 0 heterocycles. The van der Waals surface area contributed by atoms with Crippen LogP contribution >= 0.6 is 11.8 Å². The Bertz CT molecular complexity index is 952. The van der Waals surface area contributed by atoms with Gasteiger partial charge in [-0.2, -0.15) is 0 Å². The van der Waals surface area contributed by atoms with Crippen LogP contribution in [0.15, 0.2) is 72.8 Å². The van der Waals surface area contributed by atoms with Gasteiger partial charge in [-0.15, -0.1) is 11.8 Å². The van der Waals surface area contributed by atoms with Crippen molar-refractivity contribution in [2.75, 3.05) is 5.75 Å². The summed E-state index contributed by atoms with van der Waals surface area (Å²) in [6.07, 6.45) is 0. The molecule has 0 spiro atoms. The van der Waals surface area contributed by atoms with Gasteiger partial charge >= 0.3 is 5.97 Å². The van der Waals surface area contributed by atoms with Gasteiger partial charge in [0.05, 0.1) is 4.75 Å². The van der Waals surface area contributed by atoms with E-state index in [0.29, 0.717) is 5.75 Å². The molecule has 3 aromatic carbocycles. The van der Waals surface area contributed by atoms with E-state index in [9.17, 15) is 9.90 Å². The summed E-state index contributed by atoms with van der Waals surface area (Å²) in [4.78, 5) is 11.3. The summed E-state index contributed by atoms with van der Waals surface area (Å²) in [5, 5.41) is 9.30. The maximum absolute atomic E-state index is 11.3. The van der Waals surface area contributed by atoms with Crippen LogP contribution in [0.25, 0.3) is 11.1 Å². The number of fused-ring (bicyclic) bond motifs is 3. The monoisotopic (exact) mass is 375 g/mol. The van der Waals surface area contributed by atoms with E-state index >= 15 is 0 Å². The molecule has 1 unspecified atom stereocenters. The number of aliphatic carboxylic acids is 1. The van der Waals surface area contributed by atoms with Gasteiger partial charge in [0.1, 0.15) is 6.04 Å². The zero-order valence-corrected chi connectivity index (χ0v) is 15.9. The molecule has 0 radical (unpaired) electrons. The number of benzene rings is 3. The van der Waals surface area contributed by atoms with Crippen molar-refractivity contribution in [1.82, 2.24) is 0 Å². The van der Waals surface area contributed by atoms with E-state index < -0.39 is 16.8 Å². The van der Waals surface area contributed by atoms with Gasteiger partial charge in [-0.05, 0) is 34.7 Å². The molecule has 0 fully saturated rings. The van der Waals surface area contributed by atoms with Gasteiger partial charge in [0.2, 0.25) is 0 Å². The van der Waals surface area contributed by atoms with E-state index in [1.807, 2.05) is 12.1 Å². The molecule has 0 aromatic heterocycles. The zero-order chi connectivity index (χ0) is 19.0. The Kier molecular flexibility index (Phi) is 4.54. The summed E-state index contributed by atoms with van der Waals surface area (Å²) in [5.41, 5.74) is 13.0. The number of thioether (sulfide) groups is 1. The maximum Gasteiger partial charge on any atom is 0.321 e. The molecule has 0 amide bonds. The Morgan fingerprint density at radius 3 is 2.00 bits per heavy atom. The smallest absolute Gasteiger partial charge is 0.321 e.